The highest BCUT2D eigenvalue weighted by Gasteiger charge is 2.40. The van der Waals surface area contributed by atoms with Crippen LogP contribution >= 0.6 is 23.2 Å². The van der Waals surface area contributed by atoms with E-state index in [9.17, 15) is 4.79 Å². The van der Waals surface area contributed by atoms with E-state index in [0.29, 0.717) is 18.4 Å². The molecule has 0 radical (unpaired) electrons. The predicted octanol–water partition coefficient (Wildman–Crippen LogP) is 2.48. The van der Waals surface area contributed by atoms with Crippen molar-refractivity contribution in [3.8, 4) is 0 Å². The monoisotopic (exact) mass is 292 g/mol. The van der Waals surface area contributed by atoms with Gasteiger partial charge in [0.15, 0.2) is 0 Å². The Balaban J connectivity index is 1.60. The van der Waals surface area contributed by atoms with Gasteiger partial charge in [0.1, 0.15) is 0 Å². The minimum Gasteiger partial charge on any atom is -0.465 e. The standard InChI is InChI=1S/C12H18Cl2O2Si/c13-12(14)17-5-1-4-16-11(15)10-7-8-2-3-9(10)6-8/h2-3,8-10,12H,1,4-7,17H2. The second kappa shape index (κ2) is 6.25. The Morgan fingerprint density at radius 3 is 2.82 bits per heavy atom. The van der Waals surface area contributed by atoms with Gasteiger partial charge in [-0.05, 0) is 31.1 Å². The lowest BCUT2D eigenvalue weighted by Gasteiger charge is -2.16. The highest BCUT2D eigenvalue weighted by atomic mass is 35.5. The summed E-state index contributed by atoms with van der Waals surface area (Å²) in [4.78, 5) is 11.8. The third-order valence-corrected chi connectivity index (χ3v) is 6.30. The summed E-state index contributed by atoms with van der Waals surface area (Å²) in [6.45, 7) is 0.532. The van der Waals surface area contributed by atoms with Crippen LogP contribution in [0.5, 0.6) is 0 Å². The van der Waals surface area contributed by atoms with Gasteiger partial charge in [-0.2, -0.15) is 0 Å². The van der Waals surface area contributed by atoms with Gasteiger partial charge in [0.05, 0.1) is 26.5 Å². The number of rotatable bonds is 6. The van der Waals surface area contributed by atoms with Crippen LogP contribution in [-0.4, -0.2) is 26.6 Å². The largest absolute Gasteiger partial charge is 0.465 e. The molecule has 0 heterocycles. The molecule has 0 aromatic heterocycles. The molecule has 0 spiro atoms. The minimum atomic E-state index is -0.396. The molecule has 2 aliphatic rings. The third kappa shape index (κ3) is 3.73. The van der Waals surface area contributed by atoms with Crippen molar-refractivity contribution in [2.75, 3.05) is 6.61 Å². The van der Waals surface area contributed by atoms with Crippen LogP contribution in [0.1, 0.15) is 19.3 Å². The summed E-state index contributed by atoms with van der Waals surface area (Å²) in [6.07, 6.45) is 7.46. The van der Waals surface area contributed by atoms with Gasteiger partial charge in [0.2, 0.25) is 0 Å². The van der Waals surface area contributed by atoms with E-state index in [1.165, 1.54) is 0 Å². The molecule has 3 unspecified atom stereocenters. The molecule has 17 heavy (non-hydrogen) atoms. The van der Waals surface area contributed by atoms with E-state index in [2.05, 4.69) is 12.2 Å². The lowest BCUT2D eigenvalue weighted by Crippen LogP contribution is -2.22. The lowest BCUT2D eigenvalue weighted by atomic mass is 9.94. The van der Waals surface area contributed by atoms with E-state index >= 15 is 0 Å². The van der Waals surface area contributed by atoms with E-state index in [1.807, 2.05) is 0 Å². The molecule has 2 bridgehead atoms. The van der Waals surface area contributed by atoms with Gasteiger partial charge in [0.25, 0.3) is 0 Å². The van der Waals surface area contributed by atoms with Crippen molar-refractivity contribution in [1.82, 2.24) is 0 Å². The molecule has 0 aromatic rings. The van der Waals surface area contributed by atoms with E-state index in [-0.39, 0.29) is 16.3 Å². The fraction of sp³-hybridized carbons (Fsp3) is 0.750. The topological polar surface area (TPSA) is 26.3 Å². The zero-order valence-corrected chi connectivity index (χ0v) is 12.7. The van der Waals surface area contributed by atoms with Crippen LogP contribution < -0.4 is 0 Å². The number of allylic oxidation sites excluding steroid dienone is 2. The maximum absolute atomic E-state index is 11.8. The number of halogens is 2. The molecular formula is C12H18Cl2O2Si. The molecule has 1 saturated carbocycles. The highest BCUT2D eigenvalue weighted by molar-refractivity contribution is 6.68. The molecule has 0 amide bonds. The lowest BCUT2D eigenvalue weighted by molar-refractivity contribution is -0.149. The SMILES string of the molecule is O=C(OCCC[SiH2]C(Cl)Cl)C1CC2C=CC1C2. The Morgan fingerprint density at radius 1 is 1.41 bits per heavy atom. The van der Waals surface area contributed by atoms with Crippen LogP contribution in [0.3, 0.4) is 0 Å². The molecular weight excluding hydrogens is 275 g/mol. The van der Waals surface area contributed by atoms with Crippen LogP contribution in [0.4, 0.5) is 0 Å². The van der Waals surface area contributed by atoms with Crippen molar-refractivity contribution in [3.63, 3.8) is 0 Å². The first-order valence-corrected chi connectivity index (χ1v) is 8.99. The zero-order chi connectivity index (χ0) is 12.3. The predicted molar refractivity (Wildman–Crippen MR) is 73.3 cm³/mol. The Bertz CT molecular complexity index is 307. The maximum atomic E-state index is 11.8. The van der Waals surface area contributed by atoms with Crippen molar-refractivity contribution < 1.29 is 9.53 Å². The highest BCUT2D eigenvalue weighted by Crippen LogP contribution is 2.43. The zero-order valence-electron chi connectivity index (χ0n) is 9.78. The van der Waals surface area contributed by atoms with Gasteiger partial charge in [-0.25, -0.2) is 0 Å². The molecule has 1 fully saturated rings. The normalized spacial score (nSPS) is 30.9. The average Bonchev–Trinajstić information content (AvgIpc) is 2.89. The number of fused-ring (bicyclic) bond motifs is 2. The number of carbonyl (C=O) groups excluding carboxylic acids is 1. The van der Waals surface area contributed by atoms with Gasteiger partial charge in [0, 0.05) is 0 Å². The second-order valence-electron chi connectivity index (χ2n) is 4.94. The van der Waals surface area contributed by atoms with Crippen molar-refractivity contribution in [1.29, 1.82) is 0 Å². The molecule has 0 N–H and O–H groups in total. The quantitative estimate of drug-likeness (QED) is 0.247. The first-order valence-electron chi connectivity index (χ1n) is 6.30. The fourth-order valence-corrected chi connectivity index (χ4v) is 4.46. The molecule has 5 heteroatoms. The van der Waals surface area contributed by atoms with Gasteiger partial charge in [-0.3, -0.25) is 4.79 Å². The Morgan fingerprint density at radius 2 is 2.24 bits per heavy atom. The molecule has 2 rings (SSSR count). The Hall–Kier alpha value is 0.00688. The number of alkyl halides is 2. The molecule has 0 saturated heterocycles. The summed E-state index contributed by atoms with van der Waals surface area (Å²) in [7, 11) is -0.396. The van der Waals surface area contributed by atoms with Crippen LogP contribution in [0.2, 0.25) is 6.04 Å². The van der Waals surface area contributed by atoms with Crippen molar-refractivity contribution in [2.24, 2.45) is 17.8 Å². The van der Waals surface area contributed by atoms with Crippen LogP contribution in [-0.2, 0) is 9.53 Å². The van der Waals surface area contributed by atoms with E-state index in [0.717, 1.165) is 25.3 Å². The molecule has 0 aromatic carbocycles. The van der Waals surface area contributed by atoms with Crippen LogP contribution in [0.15, 0.2) is 12.2 Å². The molecule has 3 atom stereocenters. The summed E-state index contributed by atoms with van der Waals surface area (Å²) in [5.74, 6) is 1.18. The van der Waals surface area contributed by atoms with Crippen molar-refractivity contribution >= 4 is 38.7 Å². The van der Waals surface area contributed by atoms with Gasteiger partial charge in [-0.15, -0.1) is 23.2 Å². The first kappa shape index (κ1) is 13.4. The van der Waals surface area contributed by atoms with Gasteiger partial charge < -0.3 is 4.74 Å². The molecule has 2 nitrogen and oxygen atoms in total. The van der Waals surface area contributed by atoms with Gasteiger partial charge >= 0.3 is 5.97 Å². The number of esters is 1. The second-order valence-corrected chi connectivity index (χ2v) is 9.35. The number of hydrogen-bond donors (Lipinski definition) is 0. The van der Waals surface area contributed by atoms with E-state index in [1.54, 1.807) is 0 Å². The van der Waals surface area contributed by atoms with Crippen LogP contribution in [0, 0.1) is 17.8 Å². The average molecular weight is 293 g/mol. The Labute approximate surface area is 115 Å². The molecule has 2 aliphatic carbocycles. The van der Waals surface area contributed by atoms with Crippen LogP contribution in [0.25, 0.3) is 0 Å². The Kier molecular flexibility index (Phi) is 4.94. The third-order valence-electron chi connectivity index (χ3n) is 3.64. The smallest absolute Gasteiger partial charge is 0.309 e. The van der Waals surface area contributed by atoms with Gasteiger partial charge in [-0.1, -0.05) is 18.2 Å². The van der Waals surface area contributed by atoms with Crippen molar-refractivity contribution in [2.45, 2.75) is 29.8 Å². The minimum absolute atomic E-state index is 0.00295. The number of ether oxygens (including phenoxy) is 1. The summed E-state index contributed by atoms with van der Waals surface area (Å²) < 4.78 is 5.16. The van der Waals surface area contributed by atoms with E-state index < -0.39 is 9.52 Å². The first-order chi connectivity index (χ1) is 8.16. The number of hydrogen-bond acceptors (Lipinski definition) is 2. The summed E-state index contributed by atoms with van der Waals surface area (Å²) >= 11 is 11.4. The summed E-state index contributed by atoms with van der Waals surface area (Å²) in [6, 6.07) is 1.04. The fourth-order valence-electron chi connectivity index (χ4n) is 2.73. The molecule has 0 aliphatic heterocycles. The summed E-state index contributed by atoms with van der Waals surface area (Å²) in [5.41, 5.74) is 0. The number of carbonyl (C=O) groups is 1. The van der Waals surface area contributed by atoms with E-state index in [4.69, 9.17) is 27.9 Å². The van der Waals surface area contributed by atoms with Crippen molar-refractivity contribution in [3.05, 3.63) is 12.2 Å². The maximum Gasteiger partial charge on any atom is 0.309 e. The molecule has 96 valence electrons. The summed E-state index contributed by atoms with van der Waals surface area (Å²) in [5, 5.41) is 0.